The van der Waals surface area contributed by atoms with E-state index < -0.39 is 0 Å². The highest BCUT2D eigenvalue weighted by molar-refractivity contribution is 6.30. The summed E-state index contributed by atoms with van der Waals surface area (Å²) in [4.78, 5) is 31.0. The van der Waals surface area contributed by atoms with E-state index in [1.54, 1.807) is 41.3 Å². The third kappa shape index (κ3) is 3.38. The summed E-state index contributed by atoms with van der Waals surface area (Å²) in [6.07, 6.45) is 0.745. The lowest BCUT2D eigenvalue weighted by Crippen LogP contribution is -2.64. The molecule has 7 heteroatoms. The number of rotatable bonds is 2. The van der Waals surface area contributed by atoms with E-state index in [2.05, 4.69) is 0 Å². The maximum atomic E-state index is 13.7. The Morgan fingerprint density at radius 2 is 1.93 bits per heavy atom. The van der Waals surface area contributed by atoms with Gasteiger partial charge in [-0.3, -0.25) is 14.5 Å². The Labute approximate surface area is 168 Å². The van der Waals surface area contributed by atoms with Crippen molar-refractivity contribution >= 4 is 29.1 Å². The number of hydrogen-bond donors (Lipinski definition) is 0. The van der Waals surface area contributed by atoms with Crippen molar-refractivity contribution < 1.29 is 14.0 Å². The zero-order valence-electron chi connectivity index (χ0n) is 15.6. The van der Waals surface area contributed by atoms with E-state index in [-0.39, 0.29) is 29.7 Å². The summed E-state index contributed by atoms with van der Waals surface area (Å²) in [6.45, 7) is 1.76. The van der Waals surface area contributed by atoms with Crippen LogP contribution < -0.4 is 4.90 Å². The van der Waals surface area contributed by atoms with Crippen molar-refractivity contribution in [3.63, 3.8) is 0 Å². The average Bonchev–Trinajstić information content (AvgIpc) is 3.09. The van der Waals surface area contributed by atoms with Gasteiger partial charge in [-0.1, -0.05) is 23.7 Å². The van der Waals surface area contributed by atoms with Crippen LogP contribution in [0, 0.1) is 5.82 Å². The van der Waals surface area contributed by atoms with E-state index >= 15 is 0 Å². The first-order valence-electron chi connectivity index (χ1n) is 9.20. The molecule has 2 aromatic carbocycles. The maximum Gasteiger partial charge on any atom is 0.253 e. The van der Waals surface area contributed by atoms with Gasteiger partial charge in [0.05, 0.1) is 12.1 Å². The van der Waals surface area contributed by atoms with E-state index in [0.717, 1.165) is 6.42 Å². The van der Waals surface area contributed by atoms with Crippen molar-refractivity contribution in [3.8, 4) is 0 Å². The van der Waals surface area contributed by atoms with Gasteiger partial charge in [0.2, 0.25) is 5.91 Å². The number of likely N-dealkylation sites (tertiary alicyclic amines) is 1. The van der Waals surface area contributed by atoms with Crippen molar-refractivity contribution in [2.75, 3.05) is 38.1 Å². The Bertz CT molecular complexity index is 937. The van der Waals surface area contributed by atoms with Crippen LogP contribution in [0.25, 0.3) is 0 Å². The summed E-state index contributed by atoms with van der Waals surface area (Å²) in [5, 5.41) is 0.525. The molecule has 2 aromatic rings. The number of carbonyl (C=O) groups is 2. The molecule has 2 aliphatic rings. The molecule has 1 spiro atoms. The summed E-state index contributed by atoms with van der Waals surface area (Å²) in [7, 11) is 1.91. The zero-order valence-corrected chi connectivity index (χ0v) is 16.3. The molecule has 0 saturated carbocycles. The second kappa shape index (κ2) is 7.18. The van der Waals surface area contributed by atoms with Crippen LogP contribution in [0.5, 0.6) is 0 Å². The number of halogens is 2. The van der Waals surface area contributed by atoms with Crippen LogP contribution >= 0.6 is 11.6 Å². The SMILES string of the molecule is CN1CC(=O)N(c2cccc(F)c2)C[C@]12CCN(C(=O)c1cccc(Cl)c1)C2. The van der Waals surface area contributed by atoms with E-state index in [4.69, 9.17) is 11.6 Å². The first kappa shape index (κ1) is 18.9. The van der Waals surface area contributed by atoms with Gasteiger partial charge in [0.15, 0.2) is 0 Å². The molecule has 2 aliphatic heterocycles. The van der Waals surface area contributed by atoms with Crippen molar-refractivity contribution in [2.24, 2.45) is 0 Å². The summed E-state index contributed by atoms with van der Waals surface area (Å²) in [5.41, 5.74) is 0.757. The van der Waals surface area contributed by atoms with E-state index in [1.165, 1.54) is 12.1 Å². The second-order valence-corrected chi connectivity index (χ2v) is 7.96. The number of amides is 2. The fourth-order valence-electron chi connectivity index (χ4n) is 4.11. The molecule has 2 amide bonds. The maximum absolute atomic E-state index is 13.7. The monoisotopic (exact) mass is 401 g/mol. The second-order valence-electron chi connectivity index (χ2n) is 7.53. The smallest absolute Gasteiger partial charge is 0.253 e. The predicted octanol–water partition coefficient (Wildman–Crippen LogP) is 3.04. The van der Waals surface area contributed by atoms with Crippen molar-refractivity contribution in [1.82, 2.24) is 9.80 Å². The average molecular weight is 402 g/mol. The molecule has 4 rings (SSSR count). The van der Waals surface area contributed by atoms with Crippen LogP contribution in [-0.4, -0.2) is 60.4 Å². The van der Waals surface area contributed by atoms with Crippen molar-refractivity contribution in [3.05, 3.63) is 64.9 Å². The largest absolute Gasteiger partial charge is 0.337 e. The molecule has 0 radical (unpaired) electrons. The standard InChI is InChI=1S/C21H21ClFN3O2/c1-24-12-19(27)26(18-7-3-6-17(23)11-18)14-21(24)8-9-25(13-21)20(28)15-4-2-5-16(22)10-15/h2-7,10-11H,8-9,12-14H2,1H3/t21-/m1/s1. The lowest BCUT2D eigenvalue weighted by atomic mass is 9.92. The summed E-state index contributed by atoms with van der Waals surface area (Å²) in [6, 6.07) is 13.0. The number of nitrogens with zero attached hydrogens (tertiary/aromatic N) is 3. The molecule has 0 aromatic heterocycles. The van der Waals surface area contributed by atoms with Gasteiger partial charge in [0.25, 0.3) is 5.91 Å². The van der Waals surface area contributed by atoms with Gasteiger partial charge in [-0.2, -0.15) is 0 Å². The Morgan fingerprint density at radius 3 is 2.68 bits per heavy atom. The quantitative estimate of drug-likeness (QED) is 0.777. The van der Waals surface area contributed by atoms with Gasteiger partial charge in [0, 0.05) is 35.9 Å². The molecular weight excluding hydrogens is 381 g/mol. The van der Waals surface area contributed by atoms with Crippen LogP contribution in [0.15, 0.2) is 48.5 Å². The molecule has 2 heterocycles. The number of anilines is 1. The Kier molecular flexibility index (Phi) is 4.85. The van der Waals surface area contributed by atoms with E-state index in [1.807, 2.05) is 16.8 Å². The molecule has 5 nitrogen and oxygen atoms in total. The molecular formula is C21H21ClFN3O2. The van der Waals surface area contributed by atoms with E-state index in [9.17, 15) is 14.0 Å². The zero-order chi connectivity index (χ0) is 19.9. The Morgan fingerprint density at radius 1 is 1.14 bits per heavy atom. The van der Waals surface area contributed by atoms with Gasteiger partial charge < -0.3 is 9.80 Å². The number of likely N-dealkylation sites (N-methyl/N-ethyl adjacent to an activating group) is 1. The van der Waals surface area contributed by atoms with Crippen LogP contribution in [0.2, 0.25) is 5.02 Å². The highest BCUT2D eigenvalue weighted by atomic mass is 35.5. The van der Waals surface area contributed by atoms with Gasteiger partial charge in [0.1, 0.15) is 5.82 Å². The first-order chi connectivity index (χ1) is 13.4. The number of carbonyl (C=O) groups excluding carboxylic acids is 2. The fourth-order valence-corrected chi connectivity index (χ4v) is 4.30. The van der Waals surface area contributed by atoms with Crippen LogP contribution in [0.4, 0.5) is 10.1 Å². The molecule has 0 bridgehead atoms. The topological polar surface area (TPSA) is 43.9 Å². The molecule has 28 heavy (non-hydrogen) atoms. The normalized spacial score (nSPS) is 22.9. The number of piperazine rings is 1. The van der Waals surface area contributed by atoms with Crippen LogP contribution in [0.1, 0.15) is 16.8 Å². The summed E-state index contributed by atoms with van der Waals surface area (Å²) >= 11 is 6.02. The van der Waals surface area contributed by atoms with Gasteiger partial charge in [-0.05, 0) is 49.9 Å². The first-order valence-corrected chi connectivity index (χ1v) is 9.58. The predicted molar refractivity (Wildman–Crippen MR) is 106 cm³/mol. The van der Waals surface area contributed by atoms with Crippen LogP contribution in [-0.2, 0) is 4.79 Å². The molecule has 0 unspecified atom stereocenters. The minimum Gasteiger partial charge on any atom is -0.337 e. The number of hydrogen-bond acceptors (Lipinski definition) is 3. The minimum atomic E-state index is -0.373. The fraction of sp³-hybridized carbons (Fsp3) is 0.333. The third-order valence-corrected chi connectivity index (χ3v) is 5.98. The van der Waals surface area contributed by atoms with Gasteiger partial charge >= 0.3 is 0 Å². The minimum absolute atomic E-state index is 0.0676. The Balaban J connectivity index is 1.57. The lowest BCUT2D eigenvalue weighted by Gasteiger charge is -2.46. The summed E-state index contributed by atoms with van der Waals surface area (Å²) < 4.78 is 13.7. The van der Waals surface area contributed by atoms with Crippen LogP contribution in [0.3, 0.4) is 0 Å². The lowest BCUT2D eigenvalue weighted by molar-refractivity contribution is -0.123. The van der Waals surface area contributed by atoms with Crippen molar-refractivity contribution in [1.29, 1.82) is 0 Å². The third-order valence-electron chi connectivity index (χ3n) is 5.75. The molecule has 2 saturated heterocycles. The summed E-state index contributed by atoms with van der Waals surface area (Å²) in [5.74, 6) is -0.511. The molecule has 1 atom stereocenters. The highest BCUT2D eigenvalue weighted by Gasteiger charge is 2.48. The molecule has 146 valence electrons. The van der Waals surface area contributed by atoms with Gasteiger partial charge in [-0.15, -0.1) is 0 Å². The molecule has 0 N–H and O–H groups in total. The Hall–Kier alpha value is -2.44. The van der Waals surface area contributed by atoms with E-state index in [0.29, 0.717) is 35.9 Å². The molecule has 2 fully saturated rings. The van der Waals surface area contributed by atoms with Gasteiger partial charge in [-0.25, -0.2) is 4.39 Å². The molecule has 0 aliphatic carbocycles. The highest BCUT2D eigenvalue weighted by Crippen LogP contribution is 2.34. The number of benzene rings is 2. The van der Waals surface area contributed by atoms with Crippen molar-refractivity contribution in [2.45, 2.75) is 12.0 Å².